The molecule has 0 radical (unpaired) electrons. The molecule has 1 nitrogen and oxygen atoms in total. The van der Waals surface area contributed by atoms with Crippen LogP contribution in [0.3, 0.4) is 0 Å². The third kappa shape index (κ3) is 3.10. The molecule has 1 unspecified atom stereocenters. The largest absolute Gasteiger partial charge is 0.495 e. The average Bonchev–Trinajstić information content (AvgIpc) is 2.68. The van der Waals surface area contributed by atoms with Crippen LogP contribution in [0.25, 0.3) is 0 Å². The zero-order valence-electron chi connectivity index (χ0n) is 10.8. The van der Waals surface area contributed by atoms with E-state index in [1.54, 1.807) is 24.5 Å². The van der Waals surface area contributed by atoms with Gasteiger partial charge in [-0.3, -0.25) is 0 Å². The molecule has 1 atom stereocenters. The molecule has 1 aromatic carbocycles. The minimum Gasteiger partial charge on any atom is -0.495 e. The zero-order valence-corrected chi connectivity index (χ0v) is 14.7. The Hall–Kier alpha value is -0.220. The minimum atomic E-state index is -0.262. The number of methoxy groups -OCH3 is 1. The highest BCUT2D eigenvalue weighted by Gasteiger charge is 2.20. The summed E-state index contributed by atoms with van der Waals surface area (Å²) in [7, 11) is 1.63. The van der Waals surface area contributed by atoms with Crippen molar-refractivity contribution in [2.45, 2.75) is 19.2 Å². The van der Waals surface area contributed by atoms with E-state index >= 15 is 0 Å². The lowest BCUT2D eigenvalue weighted by Gasteiger charge is -2.15. The summed E-state index contributed by atoms with van der Waals surface area (Å²) in [4.78, 5) is 2.38. The molecule has 0 aliphatic carbocycles. The molecular weight excluding hydrogens is 367 g/mol. The summed E-state index contributed by atoms with van der Waals surface area (Å²) in [6.45, 7) is 4.18. The first-order chi connectivity index (χ1) is 8.93. The Balaban J connectivity index is 2.51. The van der Waals surface area contributed by atoms with Gasteiger partial charge < -0.3 is 4.74 Å². The van der Waals surface area contributed by atoms with Gasteiger partial charge in [0.2, 0.25) is 0 Å². The van der Waals surface area contributed by atoms with Crippen molar-refractivity contribution < 1.29 is 4.74 Å². The summed E-state index contributed by atoms with van der Waals surface area (Å²) >= 11 is 17.9. The fraction of sp³-hybridized carbons (Fsp3) is 0.286. The standard InChI is InChI=1S/C14H13BrCl2OS/c1-7-4-12(19-8(7)2)13(17)10-5-9(16)6-11(15)14(10)18-3/h4-6,13H,1-3H3. The zero-order chi connectivity index (χ0) is 14.2. The van der Waals surface area contributed by atoms with E-state index in [-0.39, 0.29) is 5.38 Å². The Morgan fingerprint density at radius 2 is 1.95 bits per heavy atom. The summed E-state index contributed by atoms with van der Waals surface area (Å²) in [5.41, 5.74) is 2.13. The normalized spacial score (nSPS) is 12.5. The molecule has 0 saturated carbocycles. The Bertz CT molecular complexity index is 590. The highest BCUT2D eigenvalue weighted by Crippen LogP contribution is 2.43. The summed E-state index contributed by atoms with van der Waals surface area (Å²) in [5, 5.41) is 0.376. The number of halogens is 3. The predicted molar refractivity (Wildman–Crippen MR) is 87.2 cm³/mol. The molecule has 0 aliphatic heterocycles. The molecule has 2 aromatic rings. The van der Waals surface area contributed by atoms with Crippen molar-refractivity contribution in [1.82, 2.24) is 0 Å². The summed E-state index contributed by atoms with van der Waals surface area (Å²) in [5.74, 6) is 0.730. The molecule has 102 valence electrons. The third-order valence-electron chi connectivity index (χ3n) is 2.95. The molecule has 5 heteroatoms. The van der Waals surface area contributed by atoms with Gasteiger partial charge >= 0.3 is 0 Å². The van der Waals surface area contributed by atoms with Crippen LogP contribution >= 0.6 is 50.5 Å². The van der Waals surface area contributed by atoms with Gasteiger partial charge in [0.05, 0.1) is 17.0 Å². The number of aryl methyl sites for hydroxylation is 2. The van der Waals surface area contributed by atoms with Crippen LogP contribution in [0.5, 0.6) is 5.75 Å². The number of hydrogen-bond donors (Lipinski definition) is 0. The summed E-state index contributed by atoms with van der Waals surface area (Å²) < 4.78 is 6.24. The third-order valence-corrected chi connectivity index (χ3v) is 5.57. The predicted octanol–water partition coefficient (Wildman–Crippen LogP) is 6.12. The maximum atomic E-state index is 6.60. The highest BCUT2D eigenvalue weighted by molar-refractivity contribution is 9.10. The van der Waals surface area contributed by atoms with Gasteiger partial charge in [-0.1, -0.05) is 11.6 Å². The van der Waals surface area contributed by atoms with Gasteiger partial charge in [0.15, 0.2) is 0 Å². The van der Waals surface area contributed by atoms with Crippen LogP contribution in [-0.2, 0) is 0 Å². The van der Waals surface area contributed by atoms with Gasteiger partial charge in [-0.05, 0) is 53.5 Å². The van der Waals surface area contributed by atoms with Crippen molar-refractivity contribution in [3.63, 3.8) is 0 Å². The number of rotatable bonds is 3. The van der Waals surface area contributed by atoms with E-state index in [1.807, 2.05) is 6.07 Å². The first kappa shape index (κ1) is 15.2. The first-order valence-electron chi connectivity index (χ1n) is 5.68. The van der Waals surface area contributed by atoms with Crippen LogP contribution in [-0.4, -0.2) is 7.11 Å². The van der Waals surface area contributed by atoms with E-state index in [2.05, 4.69) is 35.8 Å². The molecule has 2 rings (SSSR count). The molecule has 0 saturated heterocycles. The van der Waals surface area contributed by atoms with E-state index < -0.39 is 0 Å². The average molecular weight is 380 g/mol. The number of alkyl halides is 1. The van der Waals surface area contributed by atoms with E-state index in [1.165, 1.54) is 10.4 Å². The number of benzene rings is 1. The second kappa shape index (κ2) is 6.04. The fourth-order valence-corrected chi connectivity index (χ4v) is 4.26. The van der Waals surface area contributed by atoms with Crippen LogP contribution in [0.15, 0.2) is 22.7 Å². The Labute approximate surface area is 135 Å². The van der Waals surface area contributed by atoms with Crippen molar-refractivity contribution in [1.29, 1.82) is 0 Å². The second-order valence-electron chi connectivity index (χ2n) is 4.26. The lowest BCUT2D eigenvalue weighted by atomic mass is 10.1. The topological polar surface area (TPSA) is 9.23 Å². The van der Waals surface area contributed by atoms with Crippen LogP contribution < -0.4 is 4.74 Å². The molecule has 0 fully saturated rings. The highest BCUT2D eigenvalue weighted by atomic mass is 79.9. The van der Waals surface area contributed by atoms with Crippen molar-refractivity contribution >= 4 is 50.5 Å². The second-order valence-corrected chi connectivity index (χ2v) is 7.28. The maximum Gasteiger partial charge on any atom is 0.138 e. The number of ether oxygens (including phenoxy) is 1. The van der Waals surface area contributed by atoms with Gasteiger partial charge in [-0.25, -0.2) is 0 Å². The lowest BCUT2D eigenvalue weighted by Crippen LogP contribution is -1.97. The SMILES string of the molecule is COc1c(Br)cc(Cl)cc1C(Cl)c1cc(C)c(C)s1. The Morgan fingerprint density at radius 3 is 2.47 bits per heavy atom. The molecular formula is C14H13BrCl2OS. The summed E-state index contributed by atoms with van der Waals surface area (Å²) in [6.07, 6.45) is 0. The molecule has 0 N–H and O–H groups in total. The van der Waals surface area contributed by atoms with Crippen LogP contribution in [0.4, 0.5) is 0 Å². The Kier molecular flexibility index (Phi) is 4.83. The van der Waals surface area contributed by atoms with Crippen LogP contribution in [0, 0.1) is 13.8 Å². The van der Waals surface area contributed by atoms with Gasteiger partial charge in [0.1, 0.15) is 5.75 Å². The molecule has 0 bridgehead atoms. The molecule has 1 heterocycles. The quantitative estimate of drug-likeness (QED) is 0.584. The van der Waals surface area contributed by atoms with E-state index in [4.69, 9.17) is 27.9 Å². The maximum absolute atomic E-state index is 6.60. The fourth-order valence-electron chi connectivity index (χ4n) is 1.86. The molecule has 0 spiro atoms. The monoisotopic (exact) mass is 378 g/mol. The molecule has 1 aromatic heterocycles. The van der Waals surface area contributed by atoms with E-state index in [0.717, 1.165) is 20.7 Å². The van der Waals surface area contributed by atoms with Gasteiger partial charge in [-0.15, -0.1) is 22.9 Å². The van der Waals surface area contributed by atoms with Gasteiger partial charge in [-0.2, -0.15) is 0 Å². The van der Waals surface area contributed by atoms with Crippen LogP contribution in [0.2, 0.25) is 5.02 Å². The van der Waals surface area contributed by atoms with E-state index in [9.17, 15) is 0 Å². The molecule has 0 aliphatic rings. The summed E-state index contributed by atoms with van der Waals surface area (Å²) in [6, 6.07) is 5.78. The lowest BCUT2D eigenvalue weighted by molar-refractivity contribution is 0.407. The van der Waals surface area contributed by atoms with Crippen molar-refractivity contribution in [3.8, 4) is 5.75 Å². The van der Waals surface area contributed by atoms with Gasteiger partial charge in [0, 0.05) is 20.3 Å². The minimum absolute atomic E-state index is 0.262. The smallest absolute Gasteiger partial charge is 0.138 e. The van der Waals surface area contributed by atoms with Crippen molar-refractivity contribution in [2.24, 2.45) is 0 Å². The Morgan fingerprint density at radius 1 is 1.26 bits per heavy atom. The van der Waals surface area contributed by atoms with Crippen molar-refractivity contribution in [3.05, 3.63) is 48.6 Å². The van der Waals surface area contributed by atoms with Crippen LogP contribution in [0.1, 0.15) is 26.3 Å². The molecule has 19 heavy (non-hydrogen) atoms. The number of hydrogen-bond acceptors (Lipinski definition) is 2. The van der Waals surface area contributed by atoms with Gasteiger partial charge in [0.25, 0.3) is 0 Å². The first-order valence-corrected chi connectivity index (χ1v) is 8.10. The van der Waals surface area contributed by atoms with Crippen molar-refractivity contribution in [2.75, 3.05) is 7.11 Å². The number of thiophene rings is 1. The molecule has 0 amide bonds. The van der Waals surface area contributed by atoms with E-state index in [0.29, 0.717) is 5.02 Å².